The molecule has 0 aliphatic heterocycles. The Hall–Kier alpha value is -0.570. The minimum atomic E-state index is 0.855. The fourth-order valence-electron chi connectivity index (χ4n) is 0.813. The van der Waals surface area contributed by atoms with Crippen LogP contribution < -0.4 is 10.6 Å². The molecule has 0 heterocycles. The number of aliphatic imine (C=N–C) groups is 1. The SMILES string of the molecule is CC/N=C(\CNCC)NCC. The van der Waals surface area contributed by atoms with Crippen LogP contribution in [0, 0.1) is 0 Å². The molecular weight excluding hydrogens is 138 g/mol. The Labute approximate surface area is 69.3 Å². The van der Waals surface area contributed by atoms with Crippen LogP contribution in [0.2, 0.25) is 0 Å². The topological polar surface area (TPSA) is 36.4 Å². The van der Waals surface area contributed by atoms with Crippen LogP contribution in [-0.2, 0) is 0 Å². The van der Waals surface area contributed by atoms with Crippen molar-refractivity contribution in [3.8, 4) is 0 Å². The summed E-state index contributed by atoms with van der Waals surface area (Å²) in [5, 5.41) is 6.43. The monoisotopic (exact) mass is 157 g/mol. The summed E-state index contributed by atoms with van der Waals surface area (Å²) < 4.78 is 0. The highest BCUT2D eigenvalue weighted by atomic mass is 15.0. The molecule has 2 N–H and O–H groups in total. The Morgan fingerprint density at radius 1 is 1.18 bits per heavy atom. The number of amidine groups is 1. The van der Waals surface area contributed by atoms with Crippen molar-refractivity contribution in [2.24, 2.45) is 4.99 Å². The lowest BCUT2D eigenvalue weighted by atomic mass is 10.5. The van der Waals surface area contributed by atoms with E-state index in [-0.39, 0.29) is 0 Å². The highest BCUT2D eigenvalue weighted by Gasteiger charge is 1.92. The minimum Gasteiger partial charge on any atom is -0.373 e. The molecule has 0 fully saturated rings. The Kier molecular flexibility index (Phi) is 7.15. The van der Waals surface area contributed by atoms with Gasteiger partial charge in [0.15, 0.2) is 0 Å². The zero-order valence-electron chi connectivity index (χ0n) is 7.78. The van der Waals surface area contributed by atoms with E-state index in [4.69, 9.17) is 0 Å². The fourth-order valence-corrected chi connectivity index (χ4v) is 0.813. The average Bonchev–Trinajstić information content (AvgIpc) is 2.01. The van der Waals surface area contributed by atoms with Crippen LogP contribution in [0.25, 0.3) is 0 Å². The lowest BCUT2D eigenvalue weighted by Crippen LogP contribution is -2.34. The molecule has 0 aromatic heterocycles. The van der Waals surface area contributed by atoms with Crippen LogP contribution in [0.15, 0.2) is 4.99 Å². The Balaban J connectivity index is 3.60. The largest absolute Gasteiger partial charge is 0.373 e. The lowest BCUT2D eigenvalue weighted by Gasteiger charge is -2.07. The quantitative estimate of drug-likeness (QED) is 0.453. The van der Waals surface area contributed by atoms with Gasteiger partial charge in [-0.25, -0.2) is 0 Å². The van der Waals surface area contributed by atoms with E-state index in [1.54, 1.807) is 0 Å². The molecule has 0 spiro atoms. The first-order valence-electron chi connectivity index (χ1n) is 4.33. The van der Waals surface area contributed by atoms with E-state index in [2.05, 4.69) is 29.5 Å². The van der Waals surface area contributed by atoms with Crippen molar-refractivity contribution in [2.45, 2.75) is 20.8 Å². The van der Waals surface area contributed by atoms with Crippen LogP contribution in [-0.4, -0.2) is 32.0 Å². The number of hydrogen-bond acceptors (Lipinski definition) is 2. The maximum absolute atomic E-state index is 4.29. The summed E-state index contributed by atoms with van der Waals surface area (Å²) in [6.45, 7) is 9.88. The van der Waals surface area contributed by atoms with Crippen LogP contribution in [0.1, 0.15) is 20.8 Å². The summed E-state index contributed by atoms with van der Waals surface area (Å²) in [6.07, 6.45) is 0. The first-order valence-corrected chi connectivity index (χ1v) is 4.33. The standard InChI is InChI=1S/C8H19N3/c1-4-9-7-8(10-5-2)11-6-3/h9H,4-7H2,1-3H3,(H,10,11). The van der Waals surface area contributed by atoms with Gasteiger partial charge in [-0.2, -0.15) is 0 Å². The summed E-state index contributed by atoms with van der Waals surface area (Å²) in [4.78, 5) is 4.29. The highest BCUT2D eigenvalue weighted by Crippen LogP contribution is 1.73. The summed E-state index contributed by atoms with van der Waals surface area (Å²) in [5.74, 6) is 1.07. The van der Waals surface area contributed by atoms with Gasteiger partial charge < -0.3 is 10.6 Å². The second kappa shape index (κ2) is 7.54. The average molecular weight is 157 g/mol. The maximum atomic E-state index is 4.29. The number of hydrogen-bond donors (Lipinski definition) is 2. The van der Waals surface area contributed by atoms with Crippen molar-refractivity contribution in [1.82, 2.24) is 10.6 Å². The lowest BCUT2D eigenvalue weighted by molar-refractivity contribution is 0.787. The maximum Gasteiger partial charge on any atom is 0.110 e. The number of rotatable bonds is 5. The molecule has 0 saturated heterocycles. The third kappa shape index (κ3) is 5.85. The molecule has 0 rings (SSSR count). The molecule has 0 bridgehead atoms. The van der Waals surface area contributed by atoms with Crippen molar-refractivity contribution in [3.05, 3.63) is 0 Å². The zero-order valence-corrected chi connectivity index (χ0v) is 7.78. The Morgan fingerprint density at radius 3 is 2.36 bits per heavy atom. The van der Waals surface area contributed by atoms with Gasteiger partial charge in [-0.15, -0.1) is 0 Å². The Bertz CT molecular complexity index is 110. The molecule has 0 aliphatic rings. The van der Waals surface area contributed by atoms with Crippen LogP contribution in [0.3, 0.4) is 0 Å². The molecule has 11 heavy (non-hydrogen) atoms. The molecule has 0 aromatic rings. The molecule has 0 amide bonds. The van der Waals surface area contributed by atoms with Crippen LogP contribution in [0.5, 0.6) is 0 Å². The number of nitrogens with zero attached hydrogens (tertiary/aromatic N) is 1. The molecule has 3 nitrogen and oxygen atoms in total. The van der Waals surface area contributed by atoms with E-state index in [9.17, 15) is 0 Å². The second-order valence-corrected chi connectivity index (χ2v) is 2.23. The van der Waals surface area contributed by atoms with Crippen molar-refractivity contribution < 1.29 is 0 Å². The van der Waals surface area contributed by atoms with Gasteiger partial charge in [0.25, 0.3) is 0 Å². The summed E-state index contributed by atoms with van der Waals surface area (Å²) in [5.41, 5.74) is 0. The van der Waals surface area contributed by atoms with Gasteiger partial charge in [-0.1, -0.05) is 6.92 Å². The molecule has 0 radical (unpaired) electrons. The van der Waals surface area contributed by atoms with Gasteiger partial charge in [0.05, 0.1) is 6.54 Å². The molecule has 0 saturated carbocycles. The van der Waals surface area contributed by atoms with E-state index in [1.807, 2.05) is 6.92 Å². The predicted molar refractivity (Wildman–Crippen MR) is 50.2 cm³/mol. The summed E-state index contributed by atoms with van der Waals surface area (Å²) >= 11 is 0. The van der Waals surface area contributed by atoms with Gasteiger partial charge in [-0.3, -0.25) is 4.99 Å². The first-order chi connectivity index (χ1) is 5.35. The highest BCUT2D eigenvalue weighted by molar-refractivity contribution is 5.84. The summed E-state index contributed by atoms with van der Waals surface area (Å²) in [7, 11) is 0. The van der Waals surface area contributed by atoms with Crippen molar-refractivity contribution in [2.75, 3.05) is 26.2 Å². The van der Waals surface area contributed by atoms with E-state index in [0.717, 1.165) is 32.0 Å². The van der Waals surface area contributed by atoms with Crippen LogP contribution >= 0.6 is 0 Å². The van der Waals surface area contributed by atoms with E-state index in [0.29, 0.717) is 0 Å². The van der Waals surface area contributed by atoms with E-state index < -0.39 is 0 Å². The van der Waals surface area contributed by atoms with Crippen molar-refractivity contribution in [1.29, 1.82) is 0 Å². The fraction of sp³-hybridized carbons (Fsp3) is 0.875. The molecule has 0 aromatic carbocycles. The molecule has 0 unspecified atom stereocenters. The van der Waals surface area contributed by atoms with E-state index in [1.165, 1.54) is 0 Å². The number of nitrogens with one attached hydrogen (secondary N) is 2. The van der Waals surface area contributed by atoms with Gasteiger partial charge in [-0.05, 0) is 20.4 Å². The smallest absolute Gasteiger partial charge is 0.110 e. The minimum absolute atomic E-state index is 0.855. The third-order valence-electron chi connectivity index (χ3n) is 1.27. The predicted octanol–water partition coefficient (Wildman–Crippen LogP) is 0.624. The third-order valence-corrected chi connectivity index (χ3v) is 1.27. The van der Waals surface area contributed by atoms with Crippen molar-refractivity contribution >= 4 is 5.84 Å². The Morgan fingerprint density at radius 2 is 1.91 bits per heavy atom. The normalized spacial score (nSPS) is 11.7. The zero-order chi connectivity index (χ0) is 8.53. The summed E-state index contributed by atoms with van der Waals surface area (Å²) in [6, 6.07) is 0. The first kappa shape index (κ1) is 10.4. The molecule has 0 aliphatic carbocycles. The van der Waals surface area contributed by atoms with Gasteiger partial charge in [0.2, 0.25) is 0 Å². The van der Waals surface area contributed by atoms with Crippen molar-refractivity contribution in [3.63, 3.8) is 0 Å². The van der Waals surface area contributed by atoms with Gasteiger partial charge >= 0.3 is 0 Å². The van der Waals surface area contributed by atoms with Gasteiger partial charge in [0.1, 0.15) is 5.84 Å². The molecular formula is C8H19N3. The molecule has 0 atom stereocenters. The van der Waals surface area contributed by atoms with Gasteiger partial charge in [0, 0.05) is 13.1 Å². The second-order valence-electron chi connectivity index (χ2n) is 2.23. The van der Waals surface area contributed by atoms with E-state index >= 15 is 0 Å². The van der Waals surface area contributed by atoms with Crippen LogP contribution in [0.4, 0.5) is 0 Å². The molecule has 3 heteroatoms. The number of likely N-dealkylation sites (N-methyl/N-ethyl adjacent to an activating group) is 2. The molecule has 66 valence electrons.